The van der Waals surface area contributed by atoms with Crippen molar-refractivity contribution in [1.82, 2.24) is 24.9 Å². The number of hydrogen-bond donors (Lipinski definition) is 0. The molecule has 0 aliphatic carbocycles. The zero-order valence-corrected chi connectivity index (χ0v) is 29.3. The lowest BCUT2D eigenvalue weighted by Crippen LogP contribution is -1.96. The van der Waals surface area contributed by atoms with Crippen molar-refractivity contribution in [2.24, 2.45) is 0 Å². The van der Waals surface area contributed by atoms with Crippen molar-refractivity contribution >= 4 is 0 Å². The van der Waals surface area contributed by atoms with Gasteiger partial charge in [-0.25, -0.2) is 19.9 Å². The number of rotatable bonds is 8. The summed E-state index contributed by atoms with van der Waals surface area (Å²) in [7, 11) is 0. The average Bonchev–Trinajstić information content (AvgIpc) is 3.27. The summed E-state index contributed by atoms with van der Waals surface area (Å²) in [6.07, 6.45) is 1.80. The van der Waals surface area contributed by atoms with Gasteiger partial charge >= 0.3 is 0 Å². The summed E-state index contributed by atoms with van der Waals surface area (Å²) in [5.41, 5.74) is 14.3. The van der Waals surface area contributed by atoms with E-state index in [9.17, 15) is 0 Å². The predicted octanol–water partition coefficient (Wildman–Crippen LogP) is 12.0. The number of aromatic nitrogens is 5. The molecule has 0 saturated carbocycles. The first-order valence-corrected chi connectivity index (χ1v) is 17.9. The Bertz CT molecular complexity index is 2560. The fourth-order valence-electron chi connectivity index (χ4n) is 6.60. The van der Waals surface area contributed by atoms with Crippen LogP contribution in [-0.4, -0.2) is 24.9 Å². The predicted molar refractivity (Wildman–Crippen MR) is 219 cm³/mol. The molecule has 0 bridgehead atoms. The van der Waals surface area contributed by atoms with Crippen LogP contribution < -0.4 is 0 Å². The van der Waals surface area contributed by atoms with Crippen molar-refractivity contribution in [2.45, 2.75) is 0 Å². The van der Waals surface area contributed by atoms with Gasteiger partial charge in [-0.1, -0.05) is 146 Å². The molecule has 0 aliphatic heterocycles. The summed E-state index contributed by atoms with van der Waals surface area (Å²) in [5, 5.41) is 0. The highest BCUT2D eigenvalue weighted by Crippen LogP contribution is 2.33. The molecule has 5 nitrogen and oxygen atoms in total. The molecule has 4 heterocycles. The van der Waals surface area contributed by atoms with E-state index in [0.29, 0.717) is 5.82 Å². The molecule has 0 unspecified atom stereocenters. The fourth-order valence-corrected chi connectivity index (χ4v) is 6.60. The second kappa shape index (κ2) is 14.7. The van der Waals surface area contributed by atoms with Crippen molar-refractivity contribution in [3.8, 4) is 90.2 Å². The molecule has 0 amide bonds. The average molecular weight is 692 g/mol. The van der Waals surface area contributed by atoms with Gasteiger partial charge in [0.05, 0.1) is 39.9 Å². The van der Waals surface area contributed by atoms with Gasteiger partial charge < -0.3 is 0 Å². The van der Waals surface area contributed by atoms with Crippen LogP contribution in [0.3, 0.4) is 0 Å². The number of benzene rings is 5. The molecule has 0 fully saturated rings. The zero-order chi connectivity index (χ0) is 36.1. The van der Waals surface area contributed by atoms with E-state index in [1.165, 1.54) is 0 Å². The van der Waals surface area contributed by atoms with E-state index in [1.54, 1.807) is 6.20 Å². The Balaban J connectivity index is 1.04. The van der Waals surface area contributed by atoms with Crippen LogP contribution in [0.5, 0.6) is 0 Å². The van der Waals surface area contributed by atoms with Crippen LogP contribution in [0.1, 0.15) is 0 Å². The smallest absolute Gasteiger partial charge is 0.160 e. The monoisotopic (exact) mass is 691 g/mol. The lowest BCUT2D eigenvalue weighted by Gasteiger charge is -2.11. The molecule has 0 N–H and O–H groups in total. The Kier molecular flexibility index (Phi) is 8.86. The van der Waals surface area contributed by atoms with E-state index in [0.717, 1.165) is 84.4 Å². The first-order valence-electron chi connectivity index (χ1n) is 17.9. The van der Waals surface area contributed by atoms with Crippen molar-refractivity contribution in [1.29, 1.82) is 0 Å². The zero-order valence-electron chi connectivity index (χ0n) is 29.3. The van der Waals surface area contributed by atoms with Gasteiger partial charge in [0, 0.05) is 28.5 Å². The Morgan fingerprint density at radius 3 is 1.35 bits per heavy atom. The highest BCUT2D eigenvalue weighted by Gasteiger charge is 2.14. The standard InChI is InChI=1S/C49H33N5/c1-4-14-34(15-5-1)41-31-47(43-22-10-11-29-50-43)52-48(32-41)44-24-13-23-42(51-44)40-21-12-20-39(30-40)35-25-27-38(28-26-35)49-53-45(36-16-6-2-7-17-36)33-46(54-49)37-18-8-3-9-19-37/h1-33H. The fraction of sp³-hybridized carbons (Fsp3) is 0. The van der Waals surface area contributed by atoms with Crippen LogP contribution in [0.4, 0.5) is 0 Å². The third-order valence-electron chi connectivity index (χ3n) is 9.37. The van der Waals surface area contributed by atoms with Crippen LogP contribution in [0.25, 0.3) is 90.2 Å². The van der Waals surface area contributed by atoms with E-state index in [4.69, 9.17) is 19.9 Å². The Hall–Kier alpha value is -7.37. The molecule has 0 spiro atoms. The van der Waals surface area contributed by atoms with Gasteiger partial charge in [-0.2, -0.15) is 0 Å². The van der Waals surface area contributed by atoms with Crippen molar-refractivity contribution in [3.63, 3.8) is 0 Å². The third kappa shape index (κ3) is 6.94. The van der Waals surface area contributed by atoms with E-state index in [2.05, 4.69) is 108 Å². The Morgan fingerprint density at radius 1 is 0.222 bits per heavy atom. The SMILES string of the molecule is c1ccc(-c2cc(-c3ccccn3)nc(-c3cccc(-c4cccc(-c5ccc(-c6nc(-c7ccccc7)cc(-c7ccccc7)n6)cc5)c4)n3)c2)cc1. The van der Waals surface area contributed by atoms with Crippen LogP contribution in [0.2, 0.25) is 0 Å². The number of nitrogens with zero attached hydrogens (tertiary/aromatic N) is 5. The molecule has 254 valence electrons. The highest BCUT2D eigenvalue weighted by molar-refractivity contribution is 5.78. The first-order chi connectivity index (χ1) is 26.7. The maximum absolute atomic E-state index is 5.14. The molecule has 5 aromatic carbocycles. The molecule has 5 heteroatoms. The van der Waals surface area contributed by atoms with Crippen LogP contribution in [-0.2, 0) is 0 Å². The van der Waals surface area contributed by atoms with Gasteiger partial charge in [0.25, 0.3) is 0 Å². The molecule has 4 aromatic heterocycles. The molecule has 0 atom stereocenters. The minimum atomic E-state index is 0.688. The van der Waals surface area contributed by atoms with Gasteiger partial charge in [-0.15, -0.1) is 0 Å². The molecule has 0 saturated heterocycles. The van der Waals surface area contributed by atoms with Crippen LogP contribution in [0, 0.1) is 0 Å². The largest absolute Gasteiger partial charge is 0.255 e. The van der Waals surface area contributed by atoms with E-state index in [-0.39, 0.29) is 0 Å². The minimum Gasteiger partial charge on any atom is -0.255 e. The third-order valence-corrected chi connectivity index (χ3v) is 9.37. The molecule has 0 radical (unpaired) electrons. The van der Waals surface area contributed by atoms with Gasteiger partial charge in [-0.3, -0.25) is 4.98 Å². The Morgan fingerprint density at radius 2 is 0.704 bits per heavy atom. The van der Waals surface area contributed by atoms with E-state index < -0.39 is 0 Å². The van der Waals surface area contributed by atoms with Gasteiger partial charge in [0.1, 0.15) is 0 Å². The Labute approximate surface area is 314 Å². The second-order valence-electron chi connectivity index (χ2n) is 13.0. The summed E-state index contributed by atoms with van der Waals surface area (Å²) in [5.74, 6) is 0.688. The molecule has 0 aliphatic rings. The summed E-state index contributed by atoms with van der Waals surface area (Å²) < 4.78 is 0. The lowest BCUT2D eigenvalue weighted by molar-refractivity contribution is 1.18. The number of hydrogen-bond acceptors (Lipinski definition) is 5. The van der Waals surface area contributed by atoms with Crippen molar-refractivity contribution < 1.29 is 0 Å². The quantitative estimate of drug-likeness (QED) is 0.159. The topological polar surface area (TPSA) is 64.5 Å². The maximum Gasteiger partial charge on any atom is 0.160 e. The van der Waals surface area contributed by atoms with Gasteiger partial charge in [0.15, 0.2) is 5.82 Å². The normalized spacial score (nSPS) is 11.0. The van der Waals surface area contributed by atoms with Crippen molar-refractivity contribution in [3.05, 3.63) is 200 Å². The maximum atomic E-state index is 5.14. The molecule has 9 aromatic rings. The molecular formula is C49H33N5. The lowest BCUT2D eigenvalue weighted by atomic mass is 9.99. The molecule has 54 heavy (non-hydrogen) atoms. The summed E-state index contributed by atoms with van der Waals surface area (Å²) >= 11 is 0. The van der Waals surface area contributed by atoms with Crippen molar-refractivity contribution in [2.75, 3.05) is 0 Å². The summed E-state index contributed by atoms with van der Waals surface area (Å²) in [6.45, 7) is 0. The number of pyridine rings is 3. The summed E-state index contributed by atoms with van der Waals surface area (Å²) in [4.78, 5) is 24.8. The van der Waals surface area contributed by atoms with E-state index in [1.807, 2.05) is 91.0 Å². The molecular weight excluding hydrogens is 659 g/mol. The van der Waals surface area contributed by atoms with E-state index >= 15 is 0 Å². The highest BCUT2D eigenvalue weighted by atomic mass is 14.9. The van der Waals surface area contributed by atoms with Crippen LogP contribution in [0.15, 0.2) is 200 Å². The molecule has 9 rings (SSSR count). The second-order valence-corrected chi connectivity index (χ2v) is 13.0. The van der Waals surface area contributed by atoms with Gasteiger partial charge in [0.2, 0.25) is 0 Å². The minimum absolute atomic E-state index is 0.688. The summed E-state index contributed by atoms with van der Waals surface area (Å²) in [6, 6.07) is 66.1. The van der Waals surface area contributed by atoms with Crippen LogP contribution >= 0.6 is 0 Å². The first kappa shape index (κ1) is 32.5. The van der Waals surface area contributed by atoms with Gasteiger partial charge in [-0.05, 0) is 70.8 Å².